The lowest BCUT2D eigenvalue weighted by Gasteiger charge is -2.15. The fourth-order valence-corrected chi connectivity index (χ4v) is 0.358. The second kappa shape index (κ2) is 3.03. The number of halogens is 3. The van der Waals surface area contributed by atoms with Gasteiger partial charge in [-0.2, -0.15) is 13.2 Å². The highest BCUT2D eigenvalue weighted by molar-refractivity contribution is 4.70. The Labute approximate surface area is 50.7 Å². The number of aliphatic hydroxyl groups excluding tert-OH is 1. The van der Waals surface area contributed by atoms with E-state index in [1.807, 2.05) is 5.32 Å². The van der Waals surface area contributed by atoms with Gasteiger partial charge in [0, 0.05) is 0 Å². The molecule has 1 unspecified atom stereocenters. The van der Waals surface area contributed by atoms with Gasteiger partial charge in [-0.25, -0.2) is 0 Å². The van der Waals surface area contributed by atoms with Crippen LogP contribution in [0.1, 0.15) is 0 Å². The van der Waals surface area contributed by atoms with Crippen LogP contribution >= 0.6 is 0 Å². The van der Waals surface area contributed by atoms with Gasteiger partial charge < -0.3 is 10.4 Å². The number of hydrogen-bond acceptors (Lipinski definition) is 2. The minimum atomic E-state index is -4.34. The molecule has 0 aliphatic heterocycles. The van der Waals surface area contributed by atoms with Gasteiger partial charge in [0.05, 0.1) is 6.61 Å². The number of nitrogens with one attached hydrogen (secondary N) is 1. The van der Waals surface area contributed by atoms with Crippen molar-refractivity contribution in [1.82, 2.24) is 5.32 Å². The highest BCUT2D eigenvalue weighted by Gasteiger charge is 2.37. The SMILES string of the molecule is CNC(CO)C(F)(F)F. The average Bonchev–Trinajstić information content (AvgIpc) is 1.65. The van der Waals surface area contributed by atoms with Crippen LogP contribution in [0.2, 0.25) is 0 Å². The van der Waals surface area contributed by atoms with Gasteiger partial charge in [-0.05, 0) is 7.05 Å². The zero-order chi connectivity index (χ0) is 7.49. The molecule has 0 amide bonds. The lowest BCUT2D eigenvalue weighted by atomic mass is 10.3. The highest BCUT2D eigenvalue weighted by Crippen LogP contribution is 2.18. The molecule has 0 radical (unpaired) electrons. The van der Waals surface area contributed by atoms with Gasteiger partial charge in [0.25, 0.3) is 0 Å². The first kappa shape index (κ1) is 8.71. The van der Waals surface area contributed by atoms with Crippen molar-refractivity contribution in [3.8, 4) is 0 Å². The molecule has 2 nitrogen and oxygen atoms in total. The van der Waals surface area contributed by atoms with Gasteiger partial charge in [-0.1, -0.05) is 0 Å². The van der Waals surface area contributed by atoms with E-state index < -0.39 is 18.8 Å². The second-order valence-corrected chi connectivity index (χ2v) is 1.57. The Hall–Kier alpha value is -0.290. The molecule has 5 heteroatoms. The largest absolute Gasteiger partial charge is 0.406 e. The lowest BCUT2D eigenvalue weighted by Crippen LogP contribution is -2.42. The first-order valence-corrected chi connectivity index (χ1v) is 2.37. The Morgan fingerprint density at radius 3 is 2.00 bits per heavy atom. The summed E-state index contributed by atoms with van der Waals surface area (Å²) in [5.74, 6) is 0. The molecule has 0 aromatic carbocycles. The van der Waals surface area contributed by atoms with Crippen LogP contribution < -0.4 is 5.32 Å². The van der Waals surface area contributed by atoms with Crippen molar-refractivity contribution in [3.05, 3.63) is 0 Å². The third-order valence-electron chi connectivity index (χ3n) is 0.926. The summed E-state index contributed by atoms with van der Waals surface area (Å²) in [5, 5.41) is 10.00. The molecule has 0 saturated carbocycles. The monoisotopic (exact) mass is 143 g/mol. The third-order valence-corrected chi connectivity index (χ3v) is 0.926. The van der Waals surface area contributed by atoms with E-state index in [0.29, 0.717) is 0 Å². The Morgan fingerprint density at radius 2 is 2.00 bits per heavy atom. The van der Waals surface area contributed by atoms with Crippen LogP contribution in [0, 0.1) is 0 Å². The number of aliphatic hydroxyl groups is 1. The van der Waals surface area contributed by atoms with E-state index in [-0.39, 0.29) is 0 Å². The normalized spacial score (nSPS) is 15.7. The van der Waals surface area contributed by atoms with Crippen molar-refractivity contribution < 1.29 is 18.3 Å². The van der Waals surface area contributed by atoms with E-state index in [4.69, 9.17) is 5.11 Å². The summed E-state index contributed by atoms with van der Waals surface area (Å²) >= 11 is 0. The van der Waals surface area contributed by atoms with Crippen LogP contribution in [0.15, 0.2) is 0 Å². The van der Waals surface area contributed by atoms with E-state index in [1.54, 1.807) is 0 Å². The first-order valence-electron chi connectivity index (χ1n) is 2.37. The summed E-state index contributed by atoms with van der Waals surface area (Å²) in [6.45, 7) is -0.917. The molecule has 9 heavy (non-hydrogen) atoms. The predicted octanol–water partition coefficient (Wildman–Crippen LogP) is 0.129. The van der Waals surface area contributed by atoms with Crippen molar-refractivity contribution in [2.75, 3.05) is 13.7 Å². The second-order valence-electron chi connectivity index (χ2n) is 1.57. The number of likely N-dealkylation sites (N-methyl/N-ethyl adjacent to an activating group) is 1. The van der Waals surface area contributed by atoms with Gasteiger partial charge in [-0.15, -0.1) is 0 Å². The number of hydrogen-bond donors (Lipinski definition) is 2. The van der Waals surface area contributed by atoms with Crippen molar-refractivity contribution in [2.45, 2.75) is 12.2 Å². The van der Waals surface area contributed by atoms with Crippen LogP contribution in [-0.2, 0) is 0 Å². The summed E-state index contributed by atoms with van der Waals surface area (Å²) in [6, 6.07) is -1.79. The van der Waals surface area contributed by atoms with E-state index >= 15 is 0 Å². The van der Waals surface area contributed by atoms with Gasteiger partial charge in [0.15, 0.2) is 0 Å². The first-order chi connectivity index (χ1) is 4.02. The van der Waals surface area contributed by atoms with E-state index in [9.17, 15) is 13.2 Å². The van der Waals surface area contributed by atoms with Crippen molar-refractivity contribution in [2.24, 2.45) is 0 Å². The summed E-state index contributed by atoms with van der Waals surface area (Å²) in [7, 11) is 1.15. The molecule has 0 aliphatic carbocycles. The number of alkyl halides is 3. The molecule has 2 N–H and O–H groups in total. The summed E-state index contributed by atoms with van der Waals surface area (Å²) in [6.07, 6.45) is -4.34. The van der Waals surface area contributed by atoms with Crippen LogP contribution in [-0.4, -0.2) is 31.0 Å². The highest BCUT2D eigenvalue weighted by atomic mass is 19.4. The summed E-state index contributed by atoms with van der Waals surface area (Å²) in [5.41, 5.74) is 0. The Bertz CT molecular complexity index is 78.4. The predicted molar refractivity (Wildman–Crippen MR) is 26.0 cm³/mol. The molecule has 0 fully saturated rings. The molecule has 0 saturated heterocycles. The van der Waals surface area contributed by atoms with Gasteiger partial charge in [-0.3, -0.25) is 0 Å². The molecule has 0 rings (SSSR count). The van der Waals surface area contributed by atoms with E-state index in [2.05, 4.69) is 0 Å². The third kappa shape index (κ3) is 2.67. The number of rotatable bonds is 2. The maximum absolute atomic E-state index is 11.5. The van der Waals surface area contributed by atoms with E-state index in [0.717, 1.165) is 7.05 Å². The van der Waals surface area contributed by atoms with Crippen LogP contribution in [0.25, 0.3) is 0 Å². The fraction of sp³-hybridized carbons (Fsp3) is 1.00. The molecule has 0 aromatic heterocycles. The molecule has 0 aliphatic rings. The fourth-order valence-electron chi connectivity index (χ4n) is 0.358. The molecule has 0 heterocycles. The average molecular weight is 143 g/mol. The van der Waals surface area contributed by atoms with Crippen LogP contribution in [0.3, 0.4) is 0 Å². The summed E-state index contributed by atoms with van der Waals surface area (Å²) < 4.78 is 34.5. The maximum Gasteiger partial charge on any atom is 0.406 e. The van der Waals surface area contributed by atoms with Gasteiger partial charge in [0.2, 0.25) is 0 Å². The Kier molecular flexibility index (Phi) is 2.93. The molecule has 56 valence electrons. The summed E-state index contributed by atoms with van der Waals surface area (Å²) in [4.78, 5) is 0. The quantitative estimate of drug-likeness (QED) is 0.575. The molecular formula is C4H8F3NO. The molecule has 1 atom stereocenters. The maximum atomic E-state index is 11.5. The minimum Gasteiger partial charge on any atom is -0.394 e. The smallest absolute Gasteiger partial charge is 0.394 e. The van der Waals surface area contributed by atoms with Crippen LogP contribution in [0.5, 0.6) is 0 Å². The molecule has 0 spiro atoms. The zero-order valence-corrected chi connectivity index (χ0v) is 4.87. The topological polar surface area (TPSA) is 32.3 Å². The molecule has 0 aromatic rings. The van der Waals surface area contributed by atoms with Crippen molar-refractivity contribution >= 4 is 0 Å². The van der Waals surface area contributed by atoms with Gasteiger partial charge >= 0.3 is 6.18 Å². The lowest BCUT2D eigenvalue weighted by molar-refractivity contribution is -0.162. The zero-order valence-electron chi connectivity index (χ0n) is 4.87. The van der Waals surface area contributed by atoms with Crippen molar-refractivity contribution in [1.29, 1.82) is 0 Å². The van der Waals surface area contributed by atoms with E-state index in [1.165, 1.54) is 0 Å². The Morgan fingerprint density at radius 1 is 1.56 bits per heavy atom. The standard InChI is InChI=1S/C4H8F3NO/c1-8-3(2-9)4(5,6)7/h3,8-9H,2H2,1H3. The van der Waals surface area contributed by atoms with Gasteiger partial charge in [0.1, 0.15) is 6.04 Å². The Balaban J connectivity index is 3.79. The molecular weight excluding hydrogens is 135 g/mol. The van der Waals surface area contributed by atoms with Crippen LogP contribution in [0.4, 0.5) is 13.2 Å². The van der Waals surface area contributed by atoms with Crippen molar-refractivity contribution in [3.63, 3.8) is 0 Å². The molecule has 0 bridgehead atoms. The minimum absolute atomic E-state index is 0.917.